The highest BCUT2D eigenvalue weighted by Gasteiger charge is 2.37. The van der Waals surface area contributed by atoms with Gasteiger partial charge in [-0.25, -0.2) is 32.1 Å². The molecule has 5 atom stereocenters. The molecule has 5 rings (SSSR count). The molecule has 2 aromatic carbocycles. The van der Waals surface area contributed by atoms with Crippen molar-refractivity contribution in [1.29, 1.82) is 0 Å². The van der Waals surface area contributed by atoms with Crippen molar-refractivity contribution in [1.82, 2.24) is 15.6 Å². The number of hydrogen-bond acceptors (Lipinski definition) is 10. The summed E-state index contributed by atoms with van der Waals surface area (Å²) in [4.78, 5) is 43.8. The molecule has 0 radical (unpaired) electrons. The highest BCUT2D eigenvalue weighted by Crippen LogP contribution is 2.32. The smallest absolute Gasteiger partial charge is 0.421 e. The number of halogens is 4. The van der Waals surface area contributed by atoms with Crippen molar-refractivity contribution in [3.05, 3.63) is 94.8 Å². The SMILES string of the molecule is COC(=O)N(C(=O)[C@H](N)[C@@H](c1ccc(F)cc1)c1cc(F)cc(F)c1)c1cncc(F)c1CC[C@@H]1CN[C@H](COC(=O)N[C@@H]2CCCOC2)CO1. The van der Waals surface area contributed by atoms with Crippen LogP contribution < -0.4 is 21.3 Å². The molecular weight excluding hydrogens is 678 g/mol. The number of aromatic nitrogens is 1. The zero-order chi connectivity index (χ0) is 36.5. The molecule has 2 aliphatic rings. The fraction of sp³-hybridized carbons (Fsp3) is 0.429. The molecule has 3 aromatic rings. The molecule has 2 saturated heterocycles. The van der Waals surface area contributed by atoms with Gasteiger partial charge in [-0.3, -0.25) is 9.78 Å². The van der Waals surface area contributed by atoms with Crippen LogP contribution in [0.3, 0.4) is 0 Å². The molecule has 274 valence electrons. The van der Waals surface area contributed by atoms with Gasteiger partial charge < -0.3 is 35.3 Å². The van der Waals surface area contributed by atoms with Crippen LogP contribution in [0.25, 0.3) is 0 Å². The maximum Gasteiger partial charge on any atom is 0.421 e. The molecule has 0 unspecified atom stereocenters. The molecule has 51 heavy (non-hydrogen) atoms. The Morgan fingerprint density at radius 2 is 1.78 bits per heavy atom. The van der Waals surface area contributed by atoms with E-state index in [4.69, 9.17) is 24.7 Å². The molecule has 3 amide bonds. The number of amides is 3. The highest BCUT2D eigenvalue weighted by atomic mass is 19.1. The van der Waals surface area contributed by atoms with E-state index in [-0.39, 0.29) is 60.5 Å². The lowest BCUT2D eigenvalue weighted by Gasteiger charge is -2.31. The lowest BCUT2D eigenvalue weighted by atomic mass is 9.84. The predicted octanol–water partition coefficient (Wildman–Crippen LogP) is 4.09. The molecule has 0 saturated carbocycles. The fourth-order valence-electron chi connectivity index (χ4n) is 6.12. The number of imide groups is 1. The first-order valence-electron chi connectivity index (χ1n) is 16.4. The number of anilines is 1. The maximum absolute atomic E-state index is 15.4. The van der Waals surface area contributed by atoms with Crippen LogP contribution in [0.5, 0.6) is 0 Å². The van der Waals surface area contributed by atoms with Gasteiger partial charge >= 0.3 is 12.2 Å². The minimum absolute atomic E-state index is 0.0183. The Labute approximate surface area is 291 Å². The van der Waals surface area contributed by atoms with E-state index in [1.54, 1.807) is 0 Å². The van der Waals surface area contributed by atoms with E-state index in [1.165, 1.54) is 12.1 Å². The number of methoxy groups -OCH3 is 1. The number of rotatable bonds is 11. The number of ether oxygens (including phenoxy) is 4. The van der Waals surface area contributed by atoms with Crippen molar-refractivity contribution in [2.75, 3.05) is 45.0 Å². The third kappa shape index (κ3) is 9.78. The Bertz CT molecular complexity index is 1650. The molecule has 1 aromatic heterocycles. The summed E-state index contributed by atoms with van der Waals surface area (Å²) < 4.78 is 79.4. The Balaban J connectivity index is 1.28. The van der Waals surface area contributed by atoms with Gasteiger partial charge in [0.2, 0.25) is 0 Å². The summed E-state index contributed by atoms with van der Waals surface area (Å²) >= 11 is 0. The van der Waals surface area contributed by atoms with Gasteiger partial charge in [-0.15, -0.1) is 0 Å². The summed E-state index contributed by atoms with van der Waals surface area (Å²) in [5.74, 6) is -5.71. The van der Waals surface area contributed by atoms with E-state index < -0.39 is 59.4 Å². The van der Waals surface area contributed by atoms with E-state index in [9.17, 15) is 27.6 Å². The van der Waals surface area contributed by atoms with Crippen LogP contribution in [0.15, 0.2) is 54.9 Å². The van der Waals surface area contributed by atoms with Crippen LogP contribution in [0.4, 0.5) is 32.8 Å². The van der Waals surface area contributed by atoms with Crippen LogP contribution in [0.2, 0.25) is 0 Å². The van der Waals surface area contributed by atoms with Crippen LogP contribution in [-0.2, 0) is 30.2 Å². The minimum atomic E-state index is -1.70. The largest absolute Gasteiger partial charge is 0.452 e. The number of hydrogen-bond donors (Lipinski definition) is 3. The summed E-state index contributed by atoms with van der Waals surface area (Å²) in [5, 5.41) is 6.01. The molecule has 16 heteroatoms. The number of nitrogens with one attached hydrogen (secondary N) is 2. The molecule has 0 spiro atoms. The molecule has 2 aliphatic heterocycles. The van der Waals surface area contributed by atoms with Crippen LogP contribution >= 0.6 is 0 Å². The number of carbonyl (C=O) groups excluding carboxylic acids is 3. The van der Waals surface area contributed by atoms with Crippen molar-refractivity contribution in [3.63, 3.8) is 0 Å². The van der Waals surface area contributed by atoms with Crippen LogP contribution in [0.1, 0.15) is 41.9 Å². The zero-order valence-corrected chi connectivity index (χ0v) is 27.8. The predicted molar refractivity (Wildman–Crippen MR) is 175 cm³/mol. The van der Waals surface area contributed by atoms with Crippen molar-refractivity contribution >= 4 is 23.8 Å². The fourth-order valence-corrected chi connectivity index (χ4v) is 6.12. The second-order valence-electron chi connectivity index (χ2n) is 12.3. The Morgan fingerprint density at radius 3 is 2.43 bits per heavy atom. The number of carbonyl (C=O) groups is 3. The van der Waals surface area contributed by atoms with Gasteiger partial charge in [0, 0.05) is 30.7 Å². The van der Waals surface area contributed by atoms with Gasteiger partial charge in [0.25, 0.3) is 5.91 Å². The molecule has 0 aliphatic carbocycles. The summed E-state index contributed by atoms with van der Waals surface area (Å²) in [6.45, 7) is 1.70. The van der Waals surface area contributed by atoms with Crippen LogP contribution in [0, 0.1) is 23.3 Å². The summed E-state index contributed by atoms with van der Waals surface area (Å²) in [5.41, 5.74) is 6.29. The first kappa shape index (κ1) is 37.6. The van der Waals surface area contributed by atoms with Crippen molar-refractivity contribution < 1.29 is 50.9 Å². The number of nitrogens with zero attached hydrogens (tertiary/aromatic N) is 2. The van der Waals surface area contributed by atoms with E-state index in [0.717, 1.165) is 56.6 Å². The zero-order valence-electron chi connectivity index (χ0n) is 27.8. The Morgan fingerprint density at radius 1 is 1.04 bits per heavy atom. The van der Waals surface area contributed by atoms with Gasteiger partial charge in [0.05, 0.1) is 62.6 Å². The number of nitrogens with two attached hydrogens (primary N) is 1. The quantitative estimate of drug-likeness (QED) is 0.247. The van der Waals surface area contributed by atoms with Gasteiger partial charge in [0.1, 0.15) is 29.9 Å². The van der Waals surface area contributed by atoms with E-state index in [2.05, 4.69) is 15.6 Å². The second-order valence-corrected chi connectivity index (χ2v) is 12.3. The summed E-state index contributed by atoms with van der Waals surface area (Å²) in [7, 11) is 1.01. The van der Waals surface area contributed by atoms with Crippen molar-refractivity contribution in [2.45, 2.75) is 55.8 Å². The monoisotopic (exact) mass is 717 g/mol. The summed E-state index contributed by atoms with van der Waals surface area (Å²) in [6.07, 6.45) is 1.74. The normalized spacial score (nSPS) is 20.2. The summed E-state index contributed by atoms with van der Waals surface area (Å²) in [6, 6.07) is 5.27. The van der Waals surface area contributed by atoms with Crippen LogP contribution in [-0.4, -0.2) is 87.4 Å². The van der Waals surface area contributed by atoms with Gasteiger partial charge in [-0.1, -0.05) is 12.1 Å². The first-order chi connectivity index (χ1) is 24.5. The number of morpholine rings is 1. The Kier molecular flexibility index (Phi) is 12.9. The Hall–Kier alpha value is -4.64. The van der Waals surface area contributed by atoms with Crippen molar-refractivity contribution in [2.24, 2.45) is 5.73 Å². The standard InChI is InChI=1S/C35H39F4N5O7/c1-48-35(47)44(33(45)32(40)31(20-4-6-22(36)7-5-20)21-11-23(37)13-24(38)12-21)30-16-41-15-29(39)28(30)9-8-27-14-42-26(18-50-27)19-51-34(46)43-25-3-2-10-49-17-25/h4-7,11-13,15-16,25-27,31-32,42H,2-3,8-10,14,17-19,40H2,1H3,(H,43,46)/t25-,26+,27-,31+,32-/m1/s1. The van der Waals surface area contributed by atoms with E-state index >= 15 is 4.39 Å². The molecule has 4 N–H and O–H groups in total. The number of benzene rings is 2. The average molecular weight is 718 g/mol. The van der Waals surface area contributed by atoms with Gasteiger partial charge in [0.15, 0.2) is 0 Å². The first-order valence-corrected chi connectivity index (χ1v) is 16.4. The third-order valence-corrected chi connectivity index (χ3v) is 8.70. The second kappa shape index (κ2) is 17.5. The van der Waals surface area contributed by atoms with Gasteiger partial charge in [-0.2, -0.15) is 0 Å². The maximum atomic E-state index is 15.4. The third-order valence-electron chi connectivity index (χ3n) is 8.70. The highest BCUT2D eigenvalue weighted by molar-refractivity contribution is 6.15. The molecule has 0 bridgehead atoms. The van der Waals surface area contributed by atoms with Crippen molar-refractivity contribution in [3.8, 4) is 0 Å². The topological polar surface area (TPSA) is 154 Å². The van der Waals surface area contributed by atoms with Gasteiger partial charge in [-0.05, 0) is 61.1 Å². The molecule has 2 fully saturated rings. The lowest BCUT2D eigenvalue weighted by molar-refractivity contribution is -0.119. The molecular formula is C35H39F4N5O7. The molecule has 12 nitrogen and oxygen atoms in total. The minimum Gasteiger partial charge on any atom is -0.452 e. The lowest BCUT2D eigenvalue weighted by Crippen LogP contribution is -2.50. The van der Waals surface area contributed by atoms with E-state index in [1.807, 2.05) is 0 Å². The average Bonchev–Trinajstić information content (AvgIpc) is 3.11. The molecule has 3 heterocycles. The number of alkyl carbamates (subject to hydrolysis) is 1. The van der Waals surface area contributed by atoms with E-state index in [0.29, 0.717) is 30.7 Å². The number of pyridine rings is 1.